The largest absolute Gasteiger partial charge is 0.594 e. The SMILES string of the molecule is CCN(CC)CCNc1nc2cc(C)ccc2[n+]([O-])n1. The van der Waals surface area contributed by atoms with Gasteiger partial charge in [0.1, 0.15) is 5.52 Å². The number of hydrogen-bond acceptors (Lipinski definition) is 5. The van der Waals surface area contributed by atoms with Crippen LogP contribution in [0.5, 0.6) is 0 Å². The number of anilines is 1. The average Bonchev–Trinajstić information content (AvgIpc) is 2.43. The lowest BCUT2D eigenvalue weighted by Gasteiger charge is -2.17. The fourth-order valence-corrected chi connectivity index (χ4v) is 2.10. The number of nitrogens with zero attached hydrogens (tertiary/aromatic N) is 4. The zero-order chi connectivity index (χ0) is 14.5. The third-order valence-electron chi connectivity index (χ3n) is 3.35. The molecule has 0 spiro atoms. The molecule has 6 heteroatoms. The fraction of sp³-hybridized carbons (Fsp3) is 0.500. The third-order valence-corrected chi connectivity index (χ3v) is 3.35. The molecular weight excluding hydrogens is 254 g/mol. The van der Waals surface area contributed by atoms with E-state index >= 15 is 0 Å². The van der Waals surface area contributed by atoms with Gasteiger partial charge in [0.2, 0.25) is 0 Å². The Hall–Kier alpha value is -1.95. The first kappa shape index (κ1) is 14.5. The maximum absolute atomic E-state index is 11.8. The van der Waals surface area contributed by atoms with Crippen LogP contribution in [0.3, 0.4) is 0 Å². The molecule has 0 atom stereocenters. The van der Waals surface area contributed by atoms with Crippen molar-refractivity contribution < 1.29 is 4.85 Å². The number of aromatic nitrogens is 3. The molecule has 0 aliphatic heterocycles. The van der Waals surface area contributed by atoms with Gasteiger partial charge in [-0.15, -0.1) is 0 Å². The molecule has 0 bridgehead atoms. The Kier molecular flexibility index (Phi) is 4.68. The summed E-state index contributed by atoms with van der Waals surface area (Å²) < 4.78 is 0. The van der Waals surface area contributed by atoms with Crippen LogP contribution in [0.4, 0.5) is 5.95 Å². The number of aryl methyl sites for hydroxylation is 1. The second-order valence-electron chi connectivity index (χ2n) is 4.75. The Labute approximate surface area is 119 Å². The third kappa shape index (κ3) is 3.33. The summed E-state index contributed by atoms with van der Waals surface area (Å²) >= 11 is 0. The van der Waals surface area contributed by atoms with E-state index in [0.717, 1.165) is 31.7 Å². The van der Waals surface area contributed by atoms with Crippen LogP contribution >= 0.6 is 0 Å². The molecule has 0 fully saturated rings. The predicted molar refractivity (Wildman–Crippen MR) is 79.5 cm³/mol. The molecule has 0 amide bonds. The first-order chi connectivity index (χ1) is 9.63. The first-order valence-corrected chi connectivity index (χ1v) is 6.98. The van der Waals surface area contributed by atoms with Crippen molar-refractivity contribution in [1.82, 2.24) is 15.0 Å². The molecule has 1 aromatic heterocycles. The van der Waals surface area contributed by atoms with Crippen molar-refractivity contribution in [3.05, 3.63) is 29.0 Å². The fourth-order valence-electron chi connectivity index (χ4n) is 2.10. The van der Waals surface area contributed by atoms with Crippen LogP contribution in [0.25, 0.3) is 11.0 Å². The molecule has 1 aromatic carbocycles. The van der Waals surface area contributed by atoms with Crippen molar-refractivity contribution in [2.45, 2.75) is 20.8 Å². The Morgan fingerprint density at radius 3 is 2.75 bits per heavy atom. The van der Waals surface area contributed by atoms with Crippen LogP contribution < -0.4 is 10.2 Å². The van der Waals surface area contributed by atoms with Gasteiger partial charge in [-0.2, -0.15) is 0 Å². The average molecular weight is 275 g/mol. The highest BCUT2D eigenvalue weighted by atomic mass is 16.5. The zero-order valence-electron chi connectivity index (χ0n) is 12.3. The van der Waals surface area contributed by atoms with Crippen LogP contribution in [0.15, 0.2) is 18.2 Å². The van der Waals surface area contributed by atoms with Crippen LogP contribution in [0.2, 0.25) is 0 Å². The second-order valence-corrected chi connectivity index (χ2v) is 4.75. The zero-order valence-corrected chi connectivity index (χ0v) is 12.3. The molecule has 0 unspecified atom stereocenters. The van der Waals surface area contributed by atoms with E-state index in [4.69, 9.17) is 0 Å². The summed E-state index contributed by atoms with van der Waals surface area (Å²) in [5, 5.41) is 18.8. The van der Waals surface area contributed by atoms with E-state index in [9.17, 15) is 5.21 Å². The lowest BCUT2D eigenvalue weighted by Crippen LogP contribution is -2.35. The van der Waals surface area contributed by atoms with E-state index in [1.807, 2.05) is 19.1 Å². The standard InChI is InChI=1S/C14H21N5O/c1-4-18(5-2)9-8-15-14-16-12-10-11(3)6-7-13(12)19(20)17-14/h6-7,10H,4-5,8-9H2,1-3H3,(H,15,16,17). The number of nitrogens with one attached hydrogen (secondary N) is 1. The lowest BCUT2D eigenvalue weighted by atomic mass is 10.2. The number of likely N-dealkylation sites (N-methyl/N-ethyl adjacent to an activating group) is 1. The van der Waals surface area contributed by atoms with E-state index in [1.54, 1.807) is 6.07 Å². The Morgan fingerprint density at radius 1 is 1.30 bits per heavy atom. The summed E-state index contributed by atoms with van der Waals surface area (Å²) in [6.07, 6.45) is 0. The monoisotopic (exact) mass is 275 g/mol. The quantitative estimate of drug-likeness (QED) is 0.636. The van der Waals surface area contributed by atoms with Gasteiger partial charge < -0.3 is 15.4 Å². The molecule has 0 radical (unpaired) electrons. The van der Waals surface area contributed by atoms with Crippen molar-refractivity contribution in [3.63, 3.8) is 0 Å². The van der Waals surface area contributed by atoms with Crippen LogP contribution in [0.1, 0.15) is 19.4 Å². The molecule has 20 heavy (non-hydrogen) atoms. The van der Waals surface area contributed by atoms with E-state index < -0.39 is 0 Å². The summed E-state index contributed by atoms with van der Waals surface area (Å²) in [5.41, 5.74) is 2.23. The van der Waals surface area contributed by atoms with Crippen molar-refractivity contribution in [2.24, 2.45) is 0 Å². The minimum atomic E-state index is 0.380. The molecule has 1 N–H and O–H groups in total. The van der Waals surface area contributed by atoms with Crippen molar-refractivity contribution >= 4 is 17.0 Å². The lowest BCUT2D eigenvalue weighted by molar-refractivity contribution is -0.641. The summed E-state index contributed by atoms with van der Waals surface area (Å²) in [7, 11) is 0. The summed E-state index contributed by atoms with van der Waals surface area (Å²) in [4.78, 5) is 7.31. The van der Waals surface area contributed by atoms with E-state index in [1.165, 1.54) is 0 Å². The predicted octanol–water partition coefficient (Wildman–Crippen LogP) is 1.33. The summed E-state index contributed by atoms with van der Waals surface area (Å²) in [5.74, 6) is 0.380. The molecular formula is C14H21N5O. The molecule has 0 aliphatic carbocycles. The first-order valence-electron chi connectivity index (χ1n) is 6.98. The van der Waals surface area contributed by atoms with Gasteiger partial charge in [-0.3, -0.25) is 0 Å². The van der Waals surface area contributed by atoms with Gasteiger partial charge in [0.15, 0.2) is 0 Å². The van der Waals surface area contributed by atoms with Gasteiger partial charge in [0.25, 0.3) is 11.5 Å². The van der Waals surface area contributed by atoms with Crippen molar-refractivity contribution in [2.75, 3.05) is 31.5 Å². The Morgan fingerprint density at radius 2 is 2.05 bits per heavy atom. The number of fused-ring (bicyclic) bond motifs is 1. The van der Waals surface area contributed by atoms with Crippen molar-refractivity contribution in [1.29, 1.82) is 0 Å². The Bertz CT molecular complexity index is 583. The van der Waals surface area contributed by atoms with Gasteiger partial charge in [-0.1, -0.05) is 19.9 Å². The molecule has 0 aliphatic rings. The van der Waals surface area contributed by atoms with Crippen LogP contribution in [-0.2, 0) is 0 Å². The summed E-state index contributed by atoms with van der Waals surface area (Å²) in [6, 6.07) is 5.52. The summed E-state index contributed by atoms with van der Waals surface area (Å²) in [6.45, 7) is 9.88. The molecule has 0 saturated carbocycles. The topological polar surface area (TPSA) is 68.0 Å². The van der Waals surface area contributed by atoms with Gasteiger partial charge in [0, 0.05) is 19.2 Å². The van der Waals surface area contributed by atoms with E-state index in [2.05, 4.69) is 34.1 Å². The second kappa shape index (κ2) is 6.47. The minimum Gasteiger partial charge on any atom is -0.594 e. The van der Waals surface area contributed by atoms with Crippen LogP contribution in [-0.4, -0.2) is 41.2 Å². The number of benzene rings is 1. The van der Waals surface area contributed by atoms with Gasteiger partial charge in [-0.05, 0) is 36.5 Å². The van der Waals surface area contributed by atoms with Gasteiger partial charge in [0.05, 0.1) is 5.10 Å². The molecule has 1 heterocycles. The van der Waals surface area contributed by atoms with E-state index in [0.29, 0.717) is 21.8 Å². The van der Waals surface area contributed by atoms with Gasteiger partial charge in [-0.25, -0.2) is 4.98 Å². The Balaban J connectivity index is 2.11. The van der Waals surface area contributed by atoms with Gasteiger partial charge >= 0.3 is 0 Å². The highest BCUT2D eigenvalue weighted by Crippen LogP contribution is 2.10. The highest BCUT2D eigenvalue weighted by Gasteiger charge is 2.10. The normalized spacial score (nSPS) is 11.2. The minimum absolute atomic E-state index is 0.380. The van der Waals surface area contributed by atoms with E-state index in [-0.39, 0.29) is 0 Å². The maximum Gasteiger partial charge on any atom is 0.290 e. The molecule has 2 rings (SSSR count). The number of hydrogen-bond donors (Lipinski definition) is 1. The molecule has 0 saturated heterocycles. The molecule has 6 nitrogen and oxygen atoms in total. The maximum atomic E-state index is 11.8. The van der Waals surface area contributed by atoms with Crippen molar-refractivity contribution in [3.8, 4) is 0 Å². The smallest absolute Gasteiger partial charge is 0.290 e. The molecule has 108 valence electrons. The highest BCUT2D eigenvalue weighted by molar-refractivity contribution is 5.72. The molecule has 2 aromatic rings. The number of rotatable bonds is 6. The van der Waals surface area contributed by atoms with Crippen LogP contribution in [0, 0.1) is 12.1 Å².